The van der Waals surface area contributed by atoms with Crippen molar-refractivity contribution in [3.05, 3.63) is 59.9 Å². The summed E-state index contributed by atoms with van der Waals surface area (Å²) in [5.74, 6) is 1.87. The van der Waals surface area contributed by atoms with Crippen molar-refractivity contribution in [1.82, 2.24) is 14.9 Å². The zero-order valence-corrected chi connectivity index (χ0v) is 19.1. The van der Waals surface area contributed by atoms with E-state index in [4.69, 9.17) is 9.47 Å². The second kappa shape index (κ2) is 9.86. The van der Waals surface area contributed by atoms with Crippen molar-refractivity contribution >= 4 is 17.1 Å². The highest BCUT2D eigenvalue weighted by atomic mass is 16.6. The van der Waals surface area contributed by atoms with Gasteiger partial charge in [-0.15, -0.1) is 0 Å². The zero-order valence-electron chi connectivity index (χ0n) is 19.1. The van der Waals surface area contributed by atoms with E-state index in [-0.39, 0.29) is 12.2 Å². The van der Waals surface area contributed by atoms with E-state index < -0.39 is 5.60 Å². The summed E-state index contributed by atoms with van der Waals surface area (Å²) < 4.78 is 11.4. The van der Waals surface area contributed by atoms with Gasteiger partial charge < -0.3 is 19.4 Å². The Kier molecular flexibility index (Phi) is 7.21. The van der Waals surface area contributed by atoms with Gasteiger partial charge in [-0.2, -0.15) is 0 Å². The Morgan fingerprint density at radius 1 is 1.03 bits per heavy atom. The number of nitrogens with one attached hydrogen (secondary N) is 1. The first-order valence-electron chi connectivity index (χ1n) is 10.8. The summed E-state index contributed by atoms with van der Waals surface area (Å²) in [4.78, 5) is 21.1. The maximum atomic E-state index is 12.0. The van der Waals surface area contributed by atoms with Crippen LogP contribution in [0.5, 0.6) is 5.75 Å². The number of aromatic nitrogens is 2. The summed E-state index contributed by atoms with van der Waals surface area (Å²) in [5.41, 5.74) is 2.94. The van der Waals surface area contributed by atoms with Crippen molar-refractivity contribution in [2.24, 2.45) is 0 Å². The first-order chi connectivity index (χ1) is 14.7. The quantitative estimate of drug-likeness (QED) is 0.579. The van der Waals surface area contributed by atoms with Crippen molar-refractivity contribution in [2.45, 2.75) is 59.2 Å². The summed E-state index contributed by atoms with van der Waals surface area (Å²) >= 11 is 0. The Balaban J connectivity index is 0.000000225. The molecule has 3 aromatic rings. The SMILES string of the molecule is Cc1ccc(OC2CCN(C(=O)OC(C)(C)C)CC2)cc1.Cc1nc2ccccc2[nH]1. The molecule has 4 rings (SSSR count). The maximum Gasteiger partial charge on any atom is 0.410 e. The number of nitrogens with zero attached hydrogens (tertiary/aromatic N) is 2. The van der Waals surface area contributed by atoms with Crippen LogP contribution in [0, 0.1) is 13.8 Å². The third-order valence-electron chi connectivity index (χ3n) is 4.93. The van der Waals surface area contributed by atoms with Crippen LogP contribution in [-0.2, 0) is 4.74 Å². The molecule has 1 saturated heterocycles. The molecule has 1 aromatic heterocycles. The lowest BCUT2D eigenvalue weighted by molar-refractivity contribution is 0.0126. The molecule has 2 heterocycles. The molecule has 1 N–H and O–H groups in total. The number of carbonyl (C=O) groups is 1. The van der Waals surface area contributed by atoms with Gasteiger partial charge in [-0.3, -0.25) is 0 Å². The van der Waals surface area contributed by atoms with Crippen molar-refractivity contribution in [2.75, 3.05) is 13.1 Å². The van der Waals surface area contributed by atoms with Crippen LogP contribution in [0.3, 0.4) is 0 Å². The first kappa shape index (κ1) is 22.7. The fraction of sp³-hybridized carbons (Fsp3) is 0.440. The van der Waals surface area contributed by atoms with Crippen LogP contribution in [-0.4, -0.2) is 45.8 Å². The minimum absolute atomic E-state index is 0.173. The predicted octanol–water partition coefficient (Wildman–Crippen LogP) is 5.64. The van der Waals surface area contributed by atoms with Crippen molar-refractivity contribution in [1.29, 1.82) is 0 Å². The number of carbonyl (C=O) groups excluding carboxylic acids is 1. The molecule has 2 aromatic carbocycles. The van der Waals surface area contributed by atoms with Gasteiger partial charge in [0.05, 0.1) is 11.0 Å². The predicted molar refractivity (Wildman–Crippen MR) is 123 cm³/mol. The van der Waals surface area contributed by atoms with Gasteiger partial charge in [0, 0.05) is 25.9 Å². The highest BCUT2D eigenvalue weighted by Gasteiger charge is 2.27. The third kappa shape index (κ3) is 7.02. The number of benzene rings is 2. The maximum absolute atomic E-state index is 12.0. The summed E-state index contributed by atoms with van der Waals surface area (Å²) in [6.45, 7) is 11.1. The number of hydrogen-bond donors (Lipinski definition) is 1. The standard InChI is InChI=1S/C17H25NO3.C8H8N2/c1-13-5-7-14(8-6-13)20-15-9-11-18(12-10-15)16(19)21-17(2,3)4;1-6-9-7-4-2-3-5-8(7)10-6/h5-8,15H,9-12H2,1-4H3;2-5H,1H3,(H,9,10). The van der Waals surface area contributed by atoms with Gasteiger partial charge in [0.2, 0.25) is 0 Å². The largest absolute Gasteiger partial charge is 0.490 e. The average Bonchev–Trinajstić information content (AvgIpc) is 3.09. The summed E-state index contributed by atoms with van der Waals surface area (Å²) in [6, 6.07) is 16.1. The first-order valence-corrected chi connectivity index (χ1v) is 10.8. The number of imidazole rings is 1. The van der Waals surface area contributed by atoms with Crippen LogP contribution in [0.2, 0.25) is 0 Å². The number of aromatic amines is 1. The fourth-order valence-corrected chi connectivity index (χ4v) is 3.37. The molecule has 0 radical (unpaired) electrons. The topological polar surface area (TPSA) is 67.4 Å². The number of amides is 1. The van der Waals surface area contributed by atoms with Crippen molar-refractivity contribution in [3.8, 4) is 5.75 Å². The molecule has 166 valence electrons. The van der Waals surface area contributed by atoms with Crippen LogP contribution >= 0.6 is 0 Å². The second-order valence-electron chi connectivity index (χ2n) is 8.94. The van der Waals surface area contributed by atoms with E-state index in [1.165, 1.54) is 5.56 Å². The Morgan fingerprint density at radius 3 is 2.29 bits per heavy atom. The van der Waals surface area contributed by atoms with Gasteiger partial charge >= 0.3 is 6.09 Å². The van der Waals surface area contributed by atoms with E-state index in [0.717, 1.165) is 35.4 Å². The third-order valence-corrected chi connectivity index (χ3v) is 4.93. The molecule has 1 aliphatic rings. The number of hydrogen-bond acceptors (Lipinski definition) is 4. The average molecular weight is 424 g/mol. The van der Waals surface area contributed by atoms with E-state index in [0.29, 0.717) is 13.1 Å². The lowest BCUT2D eigenvalue weighted by atomic mass is 10.1. The Bertz CT molecular complexity index is 948. The van der Waals surface area contributed by atoms with E-state index in [1.807, 2.05) is 76.2 Å². The molecular weight excluding hydrogens is 390 g/mol. The molecule has 0 atom stereocenters. The molecule has 0 unspecified atom stereocenters. The van der Waals surface area contributed by atoms with Gasteiger partial charge in [0.25, 0.3) is 0 Å². The Labute approximate surface area is 184 Å². The monoisotopic (exact) mass is 423 g/mol. The smallest absolute Gasteiger partial charge is 0.410 e. The van der Waals surface area contributed by atoms with E-state index in [1.54, 1.807) is 4.90 Å². The van der Waals surface area contributed by atoms with Crippen LogP contribution in [0.15, 0.2) is 48.5 Å². The van der Waals surface area contributed by atoms with Gasteiger partial charge in [-0.05, 0) is 58.9 Å². The Morgan fingerprint density at radius 2 is 1.68 bits per heavy atom. The number of ether oxygens (including phenoxy) is 2. The van der Waals surface area contributed by atoms with Crippen LogP contribution in [0.1, 0.15) is 45.0 Å². The van der Waals surface area contributed by atoms with Crippen LogP contribution < -0.4 is 4.74 Å². The minimum Gasteiger partial charge on any atom is -0.490 e. The number of likely N-dealkylation sites (tertiary alicyclic amines) is 1. The van der Waals surface area contributed by atoms with Crippen molar-refractivity contribution < 1.29 is 14.3 Å². The lowest BCUT2D eigenvalue weighted by Crippen LogP contribution is -2.44. The molecule has 6 nitrogen and oxygen atoms in total. The van der Waals surface area contributed by atoms with Crippen LogP contribution in [0.4, 0.5) is 4.79 Å². The Hall–Kier alpha value is -3.02. The van der Waals surface area contributed by atoms with Crippen LogP contribution in [0.25, 0.3) is 11.0 Å². The summed E-state index contributed by atoms with van der Waals surface area (Å²) in [7, 11) is 0. The molecular formula is C25H33N3O3. The van der Waals surface area contributed by atoms with Crippen molar-refractivity contribution in [3.63, 3.8) is 0 Å². The second-order valence-corrected chi connectivity index (χ2v) is 8.94. The molecule has 0 saturated carbocycles. The van der Waals surface area contributed by atoms with Gasteiger partial charge in [0.15, 0.2) is 0 Å². The number of aryl methyl sites for hydroxylation is 2. The number of rotatable bonds is 2. The highest BCUT2D eigenvalue weighted by molar-refractivity contribution is 5.74. The molecule has 1 amide bonds. The molecule has 0 bridgehead atoms. The normalized spacial score (nSPS) is 14.7. The van der Waals surface area contributed by atoms with Gasteiger partial charge in [-0.1, -0.05) is 29.8 Å². The van der Waals surface area contributed by atoms with E-state index >= 15 is 0 Å². The van der Waals surface area contributed by atoms with Gasteiger partial charge in [-0.25, -0.2) is 9.78 Å². The number of piperidine rings is 1. The van der Waals surface area contributed by atoms with E-state index in [9.17, 15) is 4.79 Å². The molecule has 1 aliphatic heterocycles. The minimum atomic E-state index is -0.438. The molecule has 1 fully saturated rings. The summed E-state index contributed by atoms with van der Waals surface area (Å²) in [5, 5.41) is 0. The summed E-state index contributed by atoms with van der Waals surface area (Å²) in [6.07, 6.45) is 1.63. The number of H-pyrrole nitrogens is 1. The van der Waals surface area contributed by atoms with Gasteiger partial charge in [0.1, 0.15) is 23.3 Å². The number of para-hydroxylation sites is 2. The zero-order chi connectivity index (χ0) is 22.4. The van der Waals surface area contributed by atoms with E-state index in [2.05, 4.69) is 16.9 Å². The molecule has 31 heavy (non-hydrogen) atoms. The lowest BCUT2D eigenvalue weighted by Gasteiger charge is -2.33. The molecule has 0 spiro atoms. The molecule has 0 aliphatic carbocycles. The highest BCUT2D eigenvalue weighted by Crippen LogP contribution is 2.21. The molecule has 6 heteroatoms. The number of fused-ring (bicyclic) bond motifs is 1. The fourth-order valence-electron chi connectivity index (χ4n) is 3.37.